The van der Waals surface area contributed by atoms with Gasteiger partial charge in [0.2, 0.25) is 0 Å². The van der Waals surface area contributed by atoms with Crippen LogP contribution >= 0.6 is 0 Å². The first kappa shape index (κ1) is 29.5. The third-order valence-electron chi connectivity index (χ3n) is 7.12. The summed E-state index contributed by atoms with van der Waals surface area (Å²) in [6.07, 6.45) is 0. The van der Waals surface area contributed by atoms with Crippen LogP contribution < -0.4 is 38.5 Å². The topological polar surface area (TPSA) is 29.1 Å². The first-order valence-electron chi connectivity index (χ1n) is 11.6. The Bertz CT molecular complexity index is 1190. The van der Waals surface area contributed by atoms with E-state index >= 15 is 0 Å². The molecule has 0 spiro atoms. The van der Waals surface area contributed by atoms with Crippen molar-refractivity contribution in [2.75, 3.05) is 0 Å². The molecule has 0 saturated carbocycles. The summed E-state index contributed by atoms with van der Waals surface area (Å²) in [6.45, 7) is 11.2. The molecule has 1 amide bonds. The fourth-order valence-electron chi connectivity index (χ4n) is 4.93. The molecule has 35 heavy (non-hydrogen) atoms. The van der Waals surface area contributed by atoms with E-state index in [4.69, 9.17) is 0 Å². The van der Waals surface area contributed by atoms with Crippen LogP contribution in [0.25, 0.3) is 0 Å². The van der Waals surface area contributed by atoms with Crippen LogP contribution in [-0.2, 0) is 20.9 Å². The largest absolute Gasteiger partial charge is 1.00 e. The number of amides is 1. The van der Waals surface area contributed by atoms with Crippen LogP contribution in [0, 0.1) is 12.8 Å². The maximum atomic E-state index is 13.7. The van der Waals surface area contributed by atoms with Gasteiger partial charge in [0.25, 0.3) is 0 Å². The van der Waals surface area contributed by atoms with Crippen molar-refractivity contribution in [3.8, 4) is 0 Å². The van der Waals surface area contributed by atoms with Gasteiger partial charge in [-0.2, -0.15) is 0 Å². The van der Waals surface area contributed by atoms with Crippen LogP contribution in [0.15, 0.2) is 105 Å². The Hall–Kier alpha value is -1.72. The van der Waals surface area contributed by atoms with Crippen molar-refractivity contribution in [2.24, 2.45) is 5.92 Å². The Morgan fingerprint density at radius 1 is 0.743 bits per heavy atom. The van der Waals surface area contributed by atoms with E-state index in [9.17, 15) is 4.79 Å². The maximum absolute atomic E-state index is 13.7. The second-order valence-electron chi connectivity index (χ2n) is 9.01. The first-order valence-corrected chi connectivity index (χ1v) is 23.2. The molecule has 1 atom stereocenters. The predicted octanol–water partition coefficient (Wildman–Crippen LogP) is -0.936. The van der Waals surface area contributed by atoms with Crippen molar-refractivity contribution in [1.82, 2.24) is 3.30 Å². The number of hydrogen-bond acceptors (Lipinski definition) is 1. The number of rotatable bonds is 6. The SMILES string of the molecule is CC1=C(C)C(C)[C]([Hf+2]([NH]C(=O)c2ccccc2C)[SiH](c2ccccc2)c2ccccc2)=C1C.[Cl-].[Cl-]. The number of halogens is 2. The zero-order valence-electron chi connectivity index (χ0n) is 20.9. The summed E-state index contributed by atoms with van der Waals surface area (Å²) >= 11 is -2.93. The molecule has 3 aromatic carbocycles. The van der Waals surface area contributed by atoms with E-state index in [0.29, 0.717) is 5.92 Å². The van der Waals surface area contributed by atoms with Gasteiger partial charge >= 0.3 is 208 Å². The molecule has 1 N–H and O–H groups in total. The zero-order valence-corrected chi connectivity index (χ0v) is 27.2. The number of nitrogens with one attached hydrogen (secondary N) is 1. The van der Waals surface area contributed by atoms with E-state index in [1.54, 1.807) is 3.33 Å². The summed E-state index contributed by atoms with van der Waals surface area (Å²) in [6, 6.07) is 29.9. The molecule has 0 radical (unpaired) electrons. The minimum absolute atomic E-state index is 0. The number of allylic oxidation sites excluding steroid dienone is 4. The van der Waals surface area contributed by atoms with Gasteiger partial charge in [0.05, 0.1) is 0 Å². The van der Waals surface area contributed by atoms with Crippen LogP contribution in [0.3, 0.4) is 0 Å². The Morgan fingerprint density at radius 2 is 1.23 bits per heavy atom. The number of aryl methyl sites for hydroxylation is 1. The van der Waals surface area contributed by atoms with E-state index in [1.807, 2.05) is 31.2 Å². The van der Waals surface area contributed by atoms with Crippen molar-refractivity contribution in [1.29, 1.82) is 0 Å². The van der Waals surface area contributed by atoms with Gasteiger partial charge in [-0.1, -0.05) is 0 Å². The summed E-state index contributed by atoms with van der Waals surface area (Å²) in [5.41, 5.74) is 6.15. The van der Waals surface area contributed by atoms with Crippen molar-refractivity contribution in [2.45, 2.75) is 34.6 Å². The number of carbonyl (C=O) groups is 1. The first-order chi connectivity index (χ1) is 15.9. The molecule has 1 unspecified atom stereocenters. The van der Waals surface area contributed by atoms with Gasteiger partial charge in [-0.15, -0.1) is 0 Å². The van der Waals surface area contributed by atoms with Crippen molar-refractivity contribution in [3.63, 3.8) is 0 Å². The Morgan fingerprint density at radius 3 is 1.69 bits per heavy atom. The maximum Gasteiger partial charge on any atom is -1.00 e. The van der Waals surface area contributed by atoms with E-state index < -0.39 is 26.9 Å². The molecule has 0 fully saturated rings. The van der Waals surface area contributed by atoms with Crippen molar-refractivity contribution in [3.05, 3.63) is 116 Å². The molecular formula is C29H32Cl2HfNOSi. The summed E-state index contributed by atoms with van der Waals surface area (Å²) in [5, 5.41) is 2.87. The zero-order chi connectivity index (χ0) is 23.5. The van der Waals surface area contributed by atoms with Gasteiger partial charge < -0.3 is 24.8 Å². The van der Waals surface area contributed by atoms with Crippen LogP contribution in [0.1, 0.15) is 43.6 Å². The van der Waals surface area contributed by atoms with Gasteiger partial charge in [-0.25, -0.2) is 0 Å². The molecule has 0 heterocycles. The molecule has 4 rings (SSSR count). The monoisotopic (exact) mass is 688 g/mol. The molecule has 0 bridgehead atoms. The van der Waals surface area contributed by atoms with E-state index in [-0.39, 0.29) is 30.7 Å². The minimum atomic E-state index is -2.93. The van der Waals surface area contributed by atoms with Crippen LogP contribution in [0.4, 0.5) is 0 Å². The van der Waals surface area contributed by atoms with E-state index in [1.165, 1.54) is 27.1 Å². The quantitative estimate of drug-likeness (QED) is 0.334. The fourth-order valence-corrected chi connectivity index (χ4v) is 35.2. The Balaban J connectivity index is 0.00000216. The standard InChI is InChI=1S/C12H11Si.C9H13.C8H9NO.2ClH.Hf/c1-3-7-11(8-4-1)13-12-9-5-2-6-10-12;1-6-5-7(2)9(4)8(6)3;1-6-4-2-3-5-7(6)8(9)10;;;/h1-10,13H;6H,1-4H3;2-5H,1H3,(H2,9,10);2*1H;/q;;;;;+3/p-3. The predicted molar refractivity (Wildman–Crippen MR) is 138 cm³/mol. The smallest absolute Gasteiger partial charge is 1.00 e. The second-order valence-corrected chi connectivity index (χ2v) is 28.0. The van der Waals surface area contributed by atoms with Gasteiger partial charge in [-0.05, 0) is 0 Å². The summed E-state index contributed by atoms with van der Waals surface area (Å²) in [4.78, 5) is 13.7. The summed E-state index contributed by atoms with van der Waals surface area (Å²) in [7, 11) is 0. The molecular weight excluding hydrogens is 656 g/mol. The Kier molecular flexibility index (Phi) is 11.0. The Labute approximate surface area is 231 Å². The van der Waals surface area contributed by atoms with Gasteiger partial charge in [0.1, 0.15) is 0 Å². The third-order valence-corrected chi connectivity index (χ3v) is 33.7. The van der Waals surface area contributed by atoms with E-state index in [2.05, 4.69) is 91.7 Å². The number of carbonyl (C=O) groups excluding carboxylic acids is 1. The van der Waals surface area contributed by atoms with Gasteiger partial charge in [-0.3, -0.25) is 0 Å². The second kappa shape index (κ2) is 13.0. The van der Waals surface area contributed by atoms with Crippen LogP contribution in [-0.4, -0.2) is 11.9 Å². The fraction of sp³-hybridized carbons (Fsp3) is 0.207. The molecule has 3 aromatic rings. The summed E-state index contributed by atoms with van der Waals surface area (Å²) in [5.74, 6) is -1.13. The average Bonchev–Trinajstić information content (AvgIpc) is 3.02. The molecule has 1 aliphatic carbocycles. The molecule has 1 aliphatic rings. The van der Waals surface area contributed by atoms with Crippen molar-refractivity contribution < 1.29 is 50.5 Å². The molecule has 0 saturated heterocycles. The molecule has 2 nitrogen and oxygen atoms in total. The van der Waals surface area contributed by atoms with Gasteiger partial charge in [0.15, 0.2) is 0 Å². The molecule has 181 valence electrons. The minimum Gasteiger partial charge on any atom is -1.00 e. The normalized spacial score (nSPS) is 15.0. The van der Waals surface area contributed by atoms with Gasteiger partial charge in [0, 0.05) is 0 Å². The molecule has 6 heteroatoms. The van der Waals surface area contributed by atoms with E-state index in [0.717, 1.165) is 11.1 Å². The van der Waals surface area contributed by atoms with Crippen molar-refractivity contribution >= 4 is 22.3 Å². The number of hydrogen-bond donors (Lipinski definition) is 1. The van der Waals surface area contributed by atoms with Crippen LogP contribution in [0.5, 0.6) is 0 Å². The number of benzene rings is 3. The molecule has 0 aromatic heterocycles. The van der Waals surface area contributed by atoms with Crippen LogP contribution in [0.2, 0.25) is 0 Å². The molecule has 0 aliphatic heterocycles. The third kappa shape index (κ3) is 6.17. The average molecular weight is 688 g/mol. The summed E-state index contributed by atoms with van der Waals surface area (Å²) < 4.78 is 5.35.